The van der Waals surface area contributed by atoms with E-state index in [1.807, 2.05) is 4.90 Å². The highest BCUT2D eigenvalue weighted by Crippen LogP contribution is 2.36. The summed E-state index contributed by atoms with van der Waals surface area (Å²) in [5, 5.41) is 0. The maximum atomic E-state index is 11.8. The summed E-state index contributed by atoms with van der Waals surface area (Å²) >= 11 is 16.6. The van der Waals surface area contributed by atoms with Crippen molar-refractivity contribution < 1.29 is 9.53 Å². The van der Waals surface area contributed by atoms with Crippen LogP contribution in [0.2, 0.25) is 0 Å². The van der Waals surface area contributed by atoms with E-state index in [4.69, 9.17) is 39.5 Å². The topological polar surface area (TPSA) is 29.5 Å². The predicted molar refractivity (Wildman–Crippen MR) is 64.1 cm³/mol. The Morgan fingerprint density at radius 1 is 1.19 bits per heavy atom. The molecule has 0 N–H and O–H groups in total. The number of rotatable bonds is 1. The van der Waals surface area contributed by atoms with Crippen molar-refractivity contribution in [2.45, 2.75) is 48.0 Å². The molecule has 0 radical (unpaired) electrons. The fraction of sp³-hybridized carbons (Fsp3) is 0.900. The molecule has 2 aliphatic rings. The second-order valence-electron chi connectivity index (χ2n) is 4.39. The lowest BCUT2D eigenvalue weighted by Crippen LogP contribution is -2.44. The maximum Gasteiger partial charge on any atom is 0.410 e. The normalized spacial score (nSPS) is 29.3. The van der Waals surface area contributed by atoms with E-state index in [1.165, 1.54) is 6.42 Å². The van der Waals surface area contributed by atoms with Crippen molar-refractivity contribution in [1.82, 2.24) is 4.90 Å². The molecule has 3 nitrogen and oxygen atoms in total. The number of amides is 1. The first-order chi connectivity index (χ1) is 7.47. The summed E-state index contributed by atoms with van der Waals surface area (Å²) in [5.74, 6) is 0. The molecule has 2 aliphatic heterocycles. The number of hydrogen-bond donors (Lipinski definition) is 0. The van der Waals surface area contributed by atoms with Crippen LogP contribution in [0.25, 0.3) is 0 Å². The molecule has 2 fully saturated rings. The molecule has 2 saturated heterocycles. The van der Waals surface area contributed by atoms with Gasteiger partial charge in [-0.1, -0.05) is 34.8 Å². The number of carbonyl (C=O) groups is 1. The Morgan fingerprint density at radius 2 is 1.75 bits per heavy atom. The lowest BCUT2D eigenvalue weighted by molar-refractivity contribution is 0.0712. The van der Waals surface area contributed by atoms with Crippen molar-refractivity contribution in [1.29, 1.82) is 0 Å². The largest absolute Gasteiger partial charge is 0.445 e. The van der Waals surface area contributed by atoms with Crippen LogP contribution in [0.15, 0.2) is 0 Å². The van der Waals surface area contributed by atoms with Crippen LogP contribution >= 0.6 is 34.8 Å². The molecule has 0 aromatic rings. The molecule has 0 spiro atoms. The van der Waals surface area contributed by atoms with Gasteiger partial charge in [0.1, 0.15) is 6.61 Å². The SMILES string of the molecule is O=C(OCC(Cl)(Cl)Cl)N1C2CCCC1CC2. The standard InChI is InChI=1S/C10H14Cl3NO2/c11-10(12,13)6-16-9(15)14-7-2-1-3-8(14)5-4-7/h7-8H,1-6H2. The highest BCUT2D eigenvalue weighted by atomic mass is 35.6. The van der Waals surface area contributed by atoms with E-state index in [9.17, 15) is 4.79 Å². The number of nitrogens with zero attached hydrogens (tertiary/aromatic N) is 1. The second-order valence-corrected chi connectivity index (χ2v) is 6.91. The highest BCUT2D eigenvalue weighted by molar-refractivity contribution is 6.67. The van der Waals surface area contributed by atoms with Crippen molar-refractivity contribution in [3.05, 3.63) is 0 Å². The zero-order valence-electron chi connectivity index (χ0n) is 8.79. The molecule has 2 atom stereocenters. The molecule has 2 unspecified atom stereocenters. The highest BCUT2D eigenvalue weighted by Gasteiger charge is 2.40. The summed E-state index contributed by atoms with van der Waals surface area (Å²) in [7, 11) is 0. The molecule has 0 aliphatic carbocycles. The first-order valence-corrected chi connectivity index (χ1v) is 6.62. The van der Waals surface area contributed by atoms with Crippen LogP contribution < -0.4 is 0 Å². The molecular weight excluding hydrogens is 272 g/mol. The van der Waals surface area contributed by atoms with Gasteiger partial charge in [-0.2, -0.15) is 0 Å². The van der Waals surface area contributed by atoms with Gasteiger partial charge in [-0.3, -0.25) is 0 Å². The van der Waals surface area contributed by atoms with E-state index in [-0.39, 0.29) is 12.7 Å². The fourth-order valence-corrected chi connectivity index (χ4v) is 2.80. The van der Waals surface area contributed by atoms with Gasteiger partial charge in [0, 0.05) is 12.1 Å². The van der Waals surface area contributed by atoms with Gasteiger partial charge >= 0.3 is 6.09 Å². The van der Waals surface area contributed by atoms with Crippen molar-refractivity contribution in [3.63, 3.8) is 0 Å². The van der Waals surface area contributed by atoms with Crippen molar-refractivity contribution in [2.24, 2.45) is 0 Å². The number of fused-ring (bicyclic) bond motifs is 2. The number of ether oxygens (including phenoxy) is 1. The fourth-order valence-electron chi connectivity index (χ4n) is 2.63. The monoisotopic (exact) mass is 285 g/mol. The van der Waals surface area contributed by atoms with Gasteiger partial charge in [0.2, 0.25) is 3.79 Å². The molecule has 0 aromatic heterocycles. The Kier molecular flexibility index (Phi) is 3.77. The summed E-state index contributed by atoms with van der Waals surface area (Å²) in [6, 6.07) is 0.670. The zero-order chi connectivity index (χ0) is 11.8. The number of piperidine rings is 1. The van der Waals surface area contributed by atoms with Gasteiger partial charge < -0.3 is 9.64 Å². The first-order valence-electron chi connectivity index (χ1n) is 5.49. The molecule has 2 bridgehead atoms. The Bertz CT molecular complexity index is 264. The number of alkyl halides is 3. The van der Waals surface area contributed by atoms with Crippen molar-refractivity contribution in [2.75, 3.05) is 6.61 Å². The van der Waals surface area contributed by atoms with Crippen LogP contribution in [0.3, 0.4) is 0 Å². The van der Waals surface area contributed by atoms with Crippen molar-refractivity contribution >= 4 is 40.9 Å². The second kappa shape index (κ2) is 4.79. The van der Waals surface area contributed by atoms with E-state index in [0.717, 1.165) is 25.7 Å². The number of carbonyl (C=O) groups excluding carboxylic acids is 1. The lowest BCUT2D eigenvalue weighted by atomic mass is 10.0. The Morgan fingerprint density at radius 3 is 2.25 bits per heavy atom. The van der Waals surface area contributed by atoms with Gasteiger partial charge in [-0.05, 0) is 32.1 Å². The predicted octanol–water partition coefficient (Wildman–Crippen LogP) is 3.51. The molecular formula is C10H14Cl3NO2. The summed E-state index contributed by atoms with van der Waals surface area (Å²) < 4.78 is 3.49. The molecule has 1 amide bonds. The van der Waals surface area contributed by atoms with Gasteiger partial charge in [0.15, 0.2) is 0 Å². The maximum absolute atomic E-state index is 11.8. The molecule has 2 heterocycles. The zero-order valence-corrected chi connectivity index (χ0v) is 11.1. The summed E-state index contributed by atoms with van der Waals surface area (Å²) in [5.41, 5.74) is 0. The van der Waals surface area contributed by atoms with E-state index in [1.54, 1.807) is 0 Å². The molecule has 2 rings (SSSR count). The number of halogens is 3. The van der Waals surface area contributed by atoms with Crippen LogP contribution in [0.5, 0.6) is 0 Å². The first kappa shape index (κ1) is 12.6. The third kappa shape index (κ3) is 2.88. The van der Waals surface area contributed by atoms with Crippen LogP contribution in [0.4, 0.5) is 4.79 Å². The smallest absolute Gasteiger partial charge is 0.410 e. The summed E-state index contributed by atoms with van der Waals surface area (Å²) in [4.78, 5) is 13.7. The van der Waals surface area contributed by atoms with Gasteiger partial charge in [-0.15, -0.1) is 0 Å². The minimum atomic E-state index is -1.52. The summed E-state index contributed by atoms with van der Waals surface area (Å²) in [6.07, 6.45) is 5.15. The Labute approximate surface area is 110 Å². The van der Waals surface area contributed by atoms with E-state index < -0.39 is 3.79 Å². The number of hydrogen-bond acceptors (Lipinski definition) is 2. The Hall–Kier alpha value is 0.140. The van der Waals surface area contributed by atoms with Gasteiger partial charge in [-0.25, -0.2) is 4.79 Å². The Balaban J connectivity index is 1.90. The molecule has 0 aromatic carbocycles. The minimum Gasteiger partial charge on any atom is -0.445 e. The van der Waals surface area contributed by atoms with Crippen LogP contribution in [0.1, 0.15) is 32.1 Å². The quantitative estimate of drug-likeness (QED) is 0.690. The molecule has 92 valence electrons. The molecule has 0 saturated carbocycles. The minimum absolute atomic E-state index is 0.188. The lowest BCUT2D eigenvalue weighted by Gasteiger charge is -2.34. The van der Waals surface area contributed by atoms with Crippen molar-refractivity contribution in [3.8, 4) is 0 Å². The van der Waals surface area contributed by atoms with Crippen LogP contribution in [-0.2, 0) is 4.74 Å². The van der Waals surface area contributed by atoms with E-state index in [0.29, 0.717) is 12.1 Å². The average molecular weight is 287 g/mol. The van der Waals surface area contributed by atoms with E-state index >= 15 is 0 Å². The molecule has 6 heteroatoms. The molecule has 16 heavy (non-hydrogen) atoms. The van der Waals surface area contributed by atoms with Crippen LogP contribution in [-0.4, -0.2) is 33.5 Å². The van der Waals surface area contributed by atoms with Gasteiger partial charge in [0.05, 0.1) is 0 Å². The van der Waals surface area contributed by atoms with Gasteiger partial charge in [0.25, 0.3) is 0 Å². The van der Waals surface area contributed by atoms with E-state index in [2.05, 4.69) is 0 Å². The third-order valence-corrected chi connectivity index (χ3v) is 3.59. The van der Waals surface area contributed by atoms with Crippen LogP contribution in [0, 0.1) is 0 Å². The third-order valence-electron chi connectivity index (χ3n) is 3.26. The summed E-state index contributed by atoms with van der Waals surface area (Å²) in [6.45, 7) is -0.188. The average Bonchev–Trinajstić information content (AvgIpc) is 2.44.